The van der Waals surface area contributed by atoms with E-state index in [1.165, 1.54) is 18.3 Å². The van der Waals surface area contributed by atoms with Crippen LogP contribution < -0.4 is 34.7 Å². The van der Waals surface area contributed by atoms with Crippen LogP contribution in [0.1, 0.15) is 26.3 Å². The summed E-state index contributed by atoms with van der Waals surface area (Å²) in [6.07, 6.45) is -3.54. The number of halogens is 5. The number of benzene rings is 2. The number of carbonyl (C=O) groups excluding carboxylic acids is 2. The Morgan fingerprint density at radius 3 is 2.42 bits per heavy atom. The molecule has 0 spiro atoms. The Balaban J connectivity index is 0.00000306. The van der Waals surface area contributed by atoms with Gasteiger partial charge in [-0.25, -0.2) is 4.39 Å². The molecule has 4 aromatic rings. The Labute approximate surface area is 210 Å². The first-order valence-electron chi connectivity index (χ1n) is 8.85. The maximum Gasteiger partial charge on any atom is 1.00 e. The second-order valence-electron chi connectivity index (χ2n) is 6.58. The first-order valence-corrected chi connectivity index (χ1v) is 9.23. The molecule has 0 radical (unpaired) electrons. The molecule has 0 bridgehead atoms. The van der Waals surface area contributed by atoms with Crippen molar-refractivity contribution < 1.29 is 61.8 Å². The summed E-state index contributed by atoms with van der Waals surface area (Å²) in [6, 6.07) is 8.57. The van der Waals surface area contributed by atoms with Gasteiger partial charge in [0, 0.05) is 17.3 Å². The summed E-state index contributed by atoms with van der Waals surface area (Å²) in [6.45, 7) is 0. The minimum absolute atomic E-state index is 0. The van der Waals surface area contributed by atoms with Gasteiger partial charge in [0.05, 0.1) is 27.6 Å². The van der Waals surface area contributed by atoms with Crippen molar-refractivity contribution in [1.82, 2.24) is 14.8 Å². The number of rotatable bonds is 3. The summed E-state index contributed by atoms with van der Waals surface area (Å²) >= 11 is 5.93. The Hall–Kier alpha value is -2.79. The number of hydrogen-bond acceptors (Lipinski definition) is 5. The van der Waals surface area contributed by atoms with E-state index in [2.05, 4.69) is 10.1 Å². The first kappa shape index (κ1) is 24.8. The zero-order chi connectivity index (χ0) is 23.2. The van der Waals surface area contributed by atoms with Gasteiger partial charge in [-0.15, -0.1) is 0 Å². The Kier molecular flexibility index (Phi) is 6.94. The second kappa shape index (κ2) is 9.22. The van der Waals surface area contributed by atoms with Crippen LogP contribution in [0.3, 0.4) is 0 Å². The van der Waals surface area contributed by atoms with E-state index in [4.69, 9.17) is 11.6 Å². The van der Waals surface area contributed by atoms with Gasteiger partial charge in [0.25, 0.3) is 5.91 Å². The molecule has 0 aliphatic carbocycles. The minimum Gasteiger partial charge on any atom is -0.545 e. The van der Waals surface area contributed by atoms with Crippen molar-refractivity contribution >= 4 is 34.5 Å². The summed E-state index contributed by atoms with van der Waals surface area (Å²) < 4.78 is 55.7. The van der Waals surface area contributed by atoms with Gasteiger partial charge < -0.3 is 9.90 Å². The maximum absolute atomic E-state index is 14.6. The third-order valence-electron chi connectivity index (χ3n) is 4.62. The van der Waals surface area contributed by atoms with E-state index >= 15 is 0 Å². The molecular weight excluding hydrogens is 477 g/mol. The zero-order valence-corrected chi connectivity index (χ0v) is 19.4. The second-order valence-corrected chi connectivity index (χ2v) is 6.99. The molecule has 0 N–H and O–H groups in total. The molecule has 12 heteroatoms. The van der Waals surface area contributed by atoms with Crippen molar-refractivity contribution in [3.8, 4) is 11.3 Å². The van der Waals surface area contributed by atoms with E-state index in [0.29, 0.717) is 16.8 Å². The van der Waals surface area contributed by atoms with E-state index in [-0.39, 0.29) is 51.8 Å². The van der Waals surface area contributed by atoms with Gasteiger partial charge in [-0.2, -0.15) is 23.0 Å². The average Bonchev–Trinajstić information content (AvgIpc) is 3.12. The van der Waals surface area contributed by atoms with Crippen molar-refractivity contribution in [2.75, 3.05) is 0 Å². The summed E-state index contributed by atoms with van der Waals surface area (Å²) in [5, 5.41) is 14.5. The van der Waals surface area contributed by atoms with E-state index in [1.54, 1.807) is 0 Å². The molecule has 0 aliphatic rings. The van der Waals surface area contributed by atoms with Gasteiger partial charge in [-0.1, -0.05) is 23.7 Å². The number of nitrogens with zero attached hydrogens (tertiary/aromatic N) is 3. The van der Waals surface area contributed by atoms with Crippen molar-refractivity contribution in [2.45, 2.75) is 6.18 Å². The van der Waals surface area contributed by atoms with Crippen molar-refractivity contribution in [1.29, 1.82) is 0 Å². The fraction of sp³-hybridized carbons (Fsp3) is 0.0476. The van der Waals surface area contributed by atoms with Gasteiger partial charge in [0.15, 0.2) is 0 Å². The number of hydrogen-bond donors (Lipinski definition) is 0. The van der Waals surface area contributed by atoms with Crippen LogP contribution in [0.15, 0.2) is 54.7 Å². The molecule has 0 saturated heterocycles. The third-order valence-corrected chi connectivity index (χ3v) is 4.94. The van der Waals surface area contributed by atoms with Gasteiger partial charge in [0.2, 0.25) is 0 Å². The minimum atomic E-state index is -4.87. The number of aromatic nitrogens is 3. The van der Waals surface area contributed by atoms with Gasteiger partial charge in [-0.05, 0) is 36.4 Å². The molecule has 2 aromatic heterocycles. The molecule has 0 saturated carbocycles. The van der Waals surface area contributed by atoms with Crippen molar-refractivity contribution in [2.24, 2.45) is 0 Å². The van der Waals surface area contributed by atoms with E-state index in [0.717, 1.165) is 24.3 Å². The smallest absolute Gasteiger partial charge is 0.545 e. The van der Waals surface area contributed by atoms with E-state index in [9.17, 15) is 32.3 Å². The number of carboxylic acids is 1. The number of pyridine rings is 1. The number of alkyl halides is 3. The van der Waals surface area contributed by atoms with Gasteiger partial charge in [0.1, 0.15) is 17.0 Å². The quantitative estimate of drug-likeness (QED) is 0.319. The van der Waals surface area contributed by atoms with Crippen LogP contribution >= 0.6 is 11.6 Å². The Bertz CT molecular complexity index is 1410. The predicted molar refractivity (Wildman–Crippen MR) is 103 cm³/mol. The molecule has 162 valence electrons. The Morgan fingerprint density at radius 2 is 1.79 bits per heavy atom. The number of aromatic carboxylic acids is 1. The first-order chi connectivity index (χ1) is 15.1. The van der Waals surface area contributed by atoms with Crippen molar-refractivity contribution in [3.05, 3.63) is 82.3 Å². The van der Waals surface area contributed by atoms with Crippen LogP contribution in [-0.4, -0.2) is 26.6 Å². The SMILES string of the molecule is O=C([O-])c1ccc(-c2nn(C(=O)c3c(Cl)cccc3C(F)(F)F)c3cccnc23)c(F)c1.[Na+]. The monoisotopic (exact) mass is 485 g/mol. The van der Waals surface area contributed by atoms with Crippen LogP contribution in [0.4, 0.5) is 17.6 Å². The molecule has 33 heavy (non-hydrogen) atoms. The van der Waals surface area contributed by atoms with Crippen LogP contribution in [0, 0.1) is 5.82 Å². The summed E-state index contributed by atoms with van der Waals surface area (Å²) in [7, 11) is 0. The molecule has 0 fully saturated rings. The molecule has 6 nitrogen and oxygen atoms in total. The molecular formula is C21H9ClF4N3NaO3. The zero-order valence-electron chi connectivity index (χ0n) is 16.7. The topological polar surface area (TPSA) is 87.9 Å². The predicted octanol–water partition coefficient (Wildman–Crippen LogP) is 0.966. The molecule has 4 rings (SSSR count). The molecule has 0 amide bonds. The average molecular weight is 486 g/mol. The normalized spacial score (nSPS) is 11.3. The molecule has 2 aromatic carbocycles. The van der Waals surface area contributed by atoms with Crippen LogP contribution in [-0.2, 0) is 6.18 Å². The largest absolute Gasteiger partial charge is 1.00 e. The third kappa shape index (κ3) is 4.51. The number of fused-ring (bicyclic) bond motifs is 1. The van der Waals surface area contributed by atoms with Crippen LogP contribution in [0.25, 0.3) is 22.3 Å². The molecule has 2 heterocycles. The summed E-state index contributed by atoms with van der Waals surface area (Å²) in [5.74, 6) is -3.79. The van der Waals surface area contributed by atoms with E-state index in [1.807, 2.05) is 0 Å². The number of carboxylic acid groups (broad SMARTS) is 1. The van der Waals surface area contributed by atoms with Crippen LogP contribution in [0.2, 0.25) is 5.02 Å². The van der Waals surface area contributed by atoms with Gasteiger partial charge >= 0.3 is 35.7 Å². The molecule has 0 atom stereocenters. The Morgan fingerprint density at radius 1 is 1.06 bits per heavy atom. The molecule has 0 unspecified atom stereocenters. The van der Waals surface area contributed by atoms with Gasteiger partial charge in [-0.3, -0.25) is 9.78 Å². The van der Waals surface area contributed by atoms with Crippen molar-refractivity contribution in [3.63, 3.8) is 0 Å². The molecule has 0 aliphatic heterocycles. The fourth-order valence-electron chi connectivity index (χ4n) is 3.21. The fourth-order valence-corrected chi connectivity index (χ4v) is 3.46. The van der Waals surface area contributed by atoms with Crippen LogP contribution in [0.5, 0.6) is 0 Å². The summed E-state index contributed by atoms with van der Waals surface area (Å²) in [5.41, 5.74) is -2.87. The van der Waals surface area contributed by atoms with E-state index < -0.39 is 45.6 Å². The summed E-state index contributed by atoms with van der Waals surface area (Å²) in [4.78, 5) is 28.1. The maximum atomic E-state index is 14.6. The number of carbonyl (C=O) groups is 2. The standard InChI is InChI=1S/C21H10ClF4N3O3.Na/c22-13-4-1-3-12(21(24,25)26)16(13)19(30)29-15-5-2-8-27-18(15)17(28-29)11-7-6-10(20(31)32)9-14(11)23;/h1-9H,(H,31,32);/q;+1/p-1.